The number of aromatic nitrogens is 3. The normalized spacial score (nSPS) is 12.0. The maximum Gasteiger partial charge on any atom is 0.316 e. The third-order valence-corrected chi connectivity index (χ3v) is 5.48. The van der Waals surface area contributed by atoms with E-state index in [0.717, 1.165) is 34.0 Å². The summed E-state index contributed by atoms with van der Waals surface area (Å²) in [7, 11) is 0. The molecule has 1 aromatic heterocycles. The Balaban J connectivity index is 1.66. The summed E-state index contributed by atoms with van der Waals surface area (Å²) in [5, 5.41) is 19.8. The van der Waals surface area contributed by atoms with Gasteiger partial charge in [-0.1, -0.05) is 66.4 Å². The van der Waals surface area contributed by atoms with Gasteiger partial charge in [0.25, 0.3) is 0 Å². The molecule has 6 nitrogen and oxygen atoms in total. The first-order valence-electron chi connectivity index (χ1n) is 9.13. The van der Waals surface area contributed by atoms with Crippen LogP contribution in [-0.2, 0) is 11.4 Å². The first-order valence-corrected chi connectivity index (χ1v) is 10.0. The molecular formula is C22H19N3O3S. The largest absolute Gasteiger partial charge is 0.485 e. The molecule has 0 aliphatic heterocycles. The van der Waals surface area contributed by atoms with Crippen molar-refractivity contribution in [3.8, 4) is 11.4 Å². The lowest BCUT2D eigenvalue weighted by molar-refractivity contribution is -0.136. The zero-order chi connectivity index (χ0) is 20.2. The van der Waals surface area contributed by atoms with Crippen LogP contribution < -0.4 is 4.74 Å². The van der Waals surface area contributed by atoms with Crippen molar-refractivity contribution in [2.75, 3.05) is 0 Å². The van der Waals surface area contributed by atoms with Crippen LogP contribution in [0, 0.1) is 0 Å². The Bertz CT molecular complexity index is 1140. The minimum absolute atomic E-state index is 0.206. The van der Waals surface area contributed by atoms with E-state index >= 15 is 0 Å². The molecule has 146 valence electrons. The van der Waals surface area contributed by atoms with E-state index in [1.165, 1.54) is 0 Å². The molecule has 1 atom stereocenters. The van der Waals surface area contributed by atoms with Gasteiger partial charge in [-0.3, -0.25) is 9.36 Å². The molecule has 0 radical (unpaired) electrons. The summed E-state index contributed by atoms with van der Waals surface area (Å²) >= 11 is 1.15. The lowest BCUT2D eigenvalue weighted by Gasteiger charge is -2.13. The quantitative estimate of drug-likeness (QED) is 0.454. The summed E-state index contributed by atoms with van der Waals surface area (Å²) in [6, 6.07) is 23.6. The second-order valence-corrected chi connectivity index (χ2v) is 7.74. The molecule has 0 aliphatic carbocycles. The highest BCUT2D eigenvalue weighted by atomic mass is 32.2. The monoisotopic (exact) mass is 405 g/mol. The van der Waals surface area contributed by atoms with E-state index in [1.54, 1.807) is 6.92 Å². The molecule has 0 saturated heterocycles. The van der Waals surface area contributed by atoms with Crippen molar-refractivity contribution in [2.24, 2.45) is 0 Å². The molecule has 1 N–H and O–H groups in total. The number of hydrogen-bond donors (Lipinski definition) is 1. The van der Waals surface area contributed by atoms with E-state index in [4.69, 9.17) is 4.74 Å². The number of para-hydroxylation sites is 1. The molecule has 4 aromatic rings. The zero-order valence-corrected chi connectivity index (χ0v) is 16.5. The summed E-state index contributed by atoms with van der Waals surface area (Å²) in [5.74, 6) is 0.467. The molecule has 0 aliphatic rings. The molecule has 1 heterocycles. The predicted octanol–water partition coefficient (Wildman–Crippen LogP) is 4.56. The van der Waals surface area contributed by atoms with Crippen LogP contribution in [0.25, 0.3) is 16.5 Å². The summed E-state index contributed by atoms with van der Waals surface area (Å²) in [6.07, 6.45) is 0. The van der Waals surface area contributed by atoms with Crippen LogP contribution in [0.15, 0.2) is 78.0 Å². The fourth-order valence-corrected chi connectivity index (χ4v) is 3.80. The molecule has 0 fully saturated rings. The number of nitrogens with zero attached hydrogens (tertiary/aromatic N) is 3. The zero-order valence-electron chi connectivity index (χ0n) is 15.7. The smallest absolute Gasteiger partial charge is 0.316 e. The molecule has 7 heteroatoms. The number of rotatable bonds is 7. The molecule has 4 rings (SSSR count). The Kier molecular flexibility index (Phi) is 5.48. The van der Waals surface area contributed by atoms with Crippen molar-refractivity contribution < 1.29 is 14.6 Å². The second-order valence-electron chi connectivity index (χ2n) is 6.43. The summed E-state index contributed by atoms with van der Waals surface area (Å²) in [4.78, 5) is 11.3. The van der Waals surface area contributed by atoms with Gasteiger partial charge >= 0.3 is 5.97 Å². The maximum absolute atomic E-state index is 11.3. The van der Waals surface area contributed by atoms with E-state index in [1.807, 2.05) is 77.4 Å². The van der Waals surface area contributed by atoms with E-state index in [2.05, 4.69) is 10.2 Å². The van der Waals surface area contributed by atoms with Crippen molar-refractivity contribution >= 4 is 28.5 Å². The summed E-state index contributed by atoms with van der Waals surface area (Å²) in [6.45, 7) is 1.83. The average Bonchev–Trinajstić information content (AvgIpc) is 3.15. The van der Waals surface area contributed by atoms with Crippen LogP contribution in [0.5, 0.6) is 5.75 Å². The molecule has 29 heavy (non-hydrogen) atoms. The van der Waals surface area contributed by atoms with Gasteiger partial charge in [-0.05, 0) is 30.5 Å². The van der Waals surface area contributed by atoms with Crippen molar-refractivity contribution in [2.45, 2.75) is 23.9 Å². The third-order valence-electron chi connectivity index (χ3n) is 4.45. The number of fused-ring (bicyclic) bond motifs is 1. The van der Waals surface area contributed by atoms with Gasteiger partial charge in [-0.15, -0.1) is 10.2 Å². The summed E-state index contributed by atoms with van der Waals surface area (Å²) in [5.41, 5.74) is 0.856. The van der Waals surface area contributed by atoms with Crippen LogP contribution in [0.1, 0.15) is 12.7 Å². The Labute approximate surface area is 172 Å². The third kappa shape index (κ3) is 4.09. The fourth-order valence-electron chi connectivity index (χ4n) is 2.98. The number of benzene rings is 3. The fraction of sp³-hybridized carbons (Fsp3) is 0.136. The molecule has 3 aromatic carbocycles. The molecule has 0 saturated carbocycles. The van der Waals surface area contributed by atoms with Gasteiger partial charge in [0, 0.05) is 11.1 Å². The highest BCUT2D eigenvalue weighted by molar-refractivity contribution is 8.00. The number of ether oxygens (including phenoxy) is 1. The van der Waals surface area contributed by atoms with Crippen LogP contribution >= 0.6 is 11.8 Å². The van der Waals surface area contributed by atoms with Crippen LogP contribution in [0.2, 0.25) is 0 Å². The van der Waals surface area contributed by atoms with Gasteiger partial charge in [0.15, 0.2) is 11.0 Å². The molecule has 0 unspecified atom stereocenters. The van der Waals surface area contributed by atoms with Crippen molar-refractivity contribution in [1.82, 2.24) is 14.8 Å². The van der Waals surface area contributed by atoms with Crippen molar-refractivity contribution in [3.05, 3.63) is 78.6 Å². The highest BCUT2D eigenvalue weighted by Gasteiger charge is 2.21. The van der Waals surface area contributed by atoms with E-state index in [0.29, 0.717) is 11.0 Å². The SMILES string of the molecule is C[C@@H](Sc1nnc(COc2cccc3ccccc23)n1-c1ccccc1)C(=O)O. The number of carboxylic acids is 1. The number of carboxylic acid groups (broad SMARTS) is 1. The van der Waals surface area contributed by atoms with Gasteiger partial charge in [0.2, 0.25) is 0 Å². The standard InChI is InChI=1S/C22H19N3O3S/c1-15(21(26)27)29-22-24-23-20(25(22)17-10-3-2-4-11-17)14-28-19-13-7-9-16-8-5-6-12-18(16)19/h2-13,15H,14H2,1H3,(H,26,27)/t15-/m1/s1. The van der Waals surface area contributed by atoms with Crippen molar-refractivity contribution in [3.63, 3.8) is 0 Å². The number of carbonyl (C=O) groups is 1. The van der Waals surface area contributed by atoms with E-state index in [-0.39, 0.29) is 6.61 Å². The topological polar surface area (TPSA) is 77.2 Å². The van der Waals surface area contributed by atoms with Gasteiger partial charge in [0.1, 0.15) is 17.6 Å². The van der Waals surface area contributed by atoms with Crippen LogP contribution in [-0.4, -0.2) is 31.1 Å². The second kappa shape index (κ2) is 8.36. The first kappa shape index (κ1) is 19.0. The van der Waals surface area contributed by atoms with E-state index < -0.39 is 11.2 Å². The number of hydrogen-bond acceptors (Lipinski definition) is 5. The average molecular weight is 405 g/mol. The van der Waals surface area contributed by atoms with Crippen LogP contribution in [0.4, 0.5) is 0 Å². The Morgan fingerprint density at radius 3 is 2.55 bits per heavy atom. The molecular weight excluding hydrogens is 386 g/mol. The Morgan fingerprint density at radius 1 is 1.03 bits per heavy atom. The highest BCUT2D eigenvalue weighted by Crippen LogP contribution is 2.28. The van der Waals surface area contributed by atoms with Crippen LogP contribution in [0.3, 0.4) is 0 Å². The van der Waals surface area contributed by atoms with Gasteiger partial charge in [0.05, 0.1) is 0 Å². The van der Waals surface area contributed by atoms with Crippen molar-refractivity contribution in [1.29, 1.82) is 0 Å². The summed E-state index contributed by atoms with van der Waals surface area (Å²) < 4.78 is 7.93. The Morgan fingerprint density at radius 2 is 1.76 bits per heavy atom. The lowest BCUT2D eigenvalue weighted by Crippen LogP contribution is -2.13. The Hall–Kier alpha value is -3.32. The van der Waals surface area contributed by atoms with Gasteiger partial charge < -0.3 is 9.84 Å². The molecule has 0 bridgehead atoms. The maximum atomic E-state index is 11.3. The number of aliphatic carboxylic acids is 1. The minimum Gasteiger partial charge on any atom is -0.485 e. The van der Waals surface area contributed by atoms with Gasteiger partial charge in [-0.2, -0.15) is 0 Å². The van der Waals surface area contributed by atoms with E-state index in [9.17, 15) is 9.90 Å². The molecule has 0 amide bonds. The minimum atomic E-state index is -0.897. The lowest BCUT2D eigenvalue weighted by atomic mass is 10.1. The van der Waals surface area contributed by atoms with Gasteiger partial charge in [-0.25, -0.2) is 0 Å². The number of thioether (sulfide) groups is 1. The first-order chi connectivity index (χ1) is 14.1. The molecule has 0 spiro atoms. The predicted molar refractivity (Wildman–Crippen MR) is 113 cm³/mol.